The highest BCUT2D eigenvalue weighted by molar-refractivity contribution is 7.92. The maximum absolute atomic E-state index is 14.0. The zero-order valence-corrected chi connectivity index (χ0v) is 24.0. The lowest BCUT2D eigenvalue weighted by molar-refractivity contribution is -0.140. The van der Waals surface area contributed by atoms with E-state index in [4.69, 9.17) is 4.74 Å². The lowest BCUT2D eigenvalue weighted by Crippen LogP contribution is -2.52. The third kappa shape index (κ3) is 7.17. The Labute approximate surface area is 231 Å². The number of hydrogen-bond acceptors (Lipinski definition) is 5. The zero-order valence-electron chi connectivity index (χ0n) is 23.2. The van der Waals surface area contributed by atoms with E-state index in [0.717, 1.165) is 21.0 Å². The number of nitrogens with zero attached hydrogens (tertiary/aromatic N) is 2. The minimum atomic E-state index is -4.09. The zero-order chi connectivity index (χ0) is 28.6. The number of methoxy groups -OCH3 is 1. The normalized spacial score (nSPS) is 11.9. The standard InChI is InChI=1S/C30H37N3O5S/c1-6-28(30(35)31-7-2)32(20-24-14-17-26(38-5)18-15-24)29(34)21-33(25-16-13-22(3)23(4)19-25)39(36,37)27-11-9-8-10-12-27/h8-19,28H,6-7,20-21H2,1-5H3,(H,31,35)/t28-/m0/s1. The van der Waals surface area contributed by atoms with Crippen molar-refractivity contribution in [3.63, 3.8) is 0 Å². The Morgan fingerprint density at radius 2 is 1.59 bits per heavy atom. The number of carbonyl (C=O) groups excluding carboxylic acids is 2. The molecule has 0 unspecified atom stereocenters. The number of likely N-dealkylation sites (N-methyl/N-ethyl adjacent to an activating group) is 1. The molecule has 0 fully saturated rings. The van der Waals surface area contributed by atoms with E-state index in [1.807, 2.05) is 45.9 Å². The number of ether oxygens (including phenoxy) is 1. The van der Waals surface area contributed by atoms with Crippen LogP contribution in [0.25, 0.3) is 0 Å². The average Bonchev–Trinajstić information content (AvgIpc) is 2.94. The molecule has 39 heavy (non-hydrogen) atoms. The van der Waals surface area contributed by atoms with Crippen LogP contribution in [-0.2, 0) is 26.2 Å². The van der Waals surface area contributed by atoms with Gasteiger partial charge in [-0.1, -0.05) is 43.3 Å². The van der Waals surface area contributed by atoms with Crippen molar-refractivity contribution in [3.8, 4) is 5.75 Å². The van der Waals surface area contributed by atoms with Gasteiger partial charge in [0, 0.05) is 13.1 Å². The number of rotatable bonds is 12. The molecule has 0 heterocycles. The number of benzene rings is 3. The molecule has 1 N–H and O–H groups in total. The van der Waals surface area contributed by atoms with Crippen LogP contribution < -0.4 is 14.4 Å². The van der Waals surface area contributed by atoms with Gasteiger partial charge in [-0.3, -0.25) is 13.9 Å². The van der Waals surface area contributed by atoms with E-state index in [2.05, 4.69) is 5.32 Å². The SMILES string of the molecule is CCNC(=O)[C@H](CC)N(Cc1ccc(OC)cc1)C(=O)CN(c1ccc(C)c(C)c1)S(=O)(=O)c1ccccc1. The Bertz CT molecular complexity index is 1380. The predicted octanol–water partition coefficient (Wildman–Crippen LogP) is 4.45. The molecule has 9 heteroatoms. The molecule has 8 nitrogen and oxygen atoms in total. The first-order chi connectivity index (χ1) is 18.6. The van der Waals surface area contributed by atoms with E-state index >= 15 is 0 Å². The van der Waals surface area contributed by atoms with Gasteiger partial charge in [0.25, 0.3) is 10.0 Å². The number of hydrogen-bond donors (Lipinski definition) is 1. The summed E-state index contributed by atoms with van der Waals surface area (Å²) in [7, 11) is -2.52. The molecule has 0 bridgehead atoms. The molecule has 3 aromatic carbocycles. The van der Waals surface area contributed by atoms with E-state index < -0.39 is 28.5 Å². The highest BCUT2D eigenvalue weighted by Crippen LogP contribution is 2.27. The largest absolute Gasteiger partial charge is 0.497 e. The Morgan fingerprint density at radius 3 is 2.15 bits per heavy atom. The van der Waals surface area contributed by atoms with Crippen LogP contribution in [0.4, 0.5) is 5.69 Å². The van der Waals surface area contributed by atoms with Crippen LogP contribution in [0.3, 0.4) is 0 Å². The number of nitrogens with one attached hydrogen (secondary N) is 1. The van der Waals surface area contributed by atoms with Crippen LogP contribution in [0, 0.1) is 13.8 Å². The van der Waals surface area contributed by atoms with E-state index in [1.165, 1.54) is 17.0 Å². The van der Waals surface area contributed by atoms with Crippen molar-refractivity contribution >= 4 is 27.5 Å². The first-order valence-electron chi connectivity index (χ1n) is 13.0. The maximum Gasteiger partial charge on any atom is 0.264 e. The topological polar surface area (TPSA) is 96.0 Å². The van der Waals surface area contributed by atoms with Gasteiger partial charge in [0.2, 0.25) is 11.8 Å². The van der Waals surface area contributed by atoms with Crippen molar-refractivity contribution < 1.29 is 22.7 Å². The summed E-state index contributed by atoms with van der Waals surface area (Å²) in [5.74, 6) is -0.102. The van der Waals surface area contributed by atoms with Crippen molar-refractivity contribution in [2.75, 3.05) is 24.5 Å². The van der Waals surface area contributed by atoms with Crippen LogP contribution >= 0.6 is 0 Å². The number of anilines is 1. The van der Waals surface area contributed by atoms with E-state index in [9.17, 15) is 18.0 Å². The van der Waals surface area contributed by atoms with Crippen LogP contribution in [0.15, 0.2) is 77.7 Å². The molecule has 0 aliphatic rings. The summed E-state index contributed by atoms with van der Waals surface area (Å²) in [6, 6.07) is 19.8. The molecule has 3 rings (SSSR count). The smallest absolute Gasteiger partial charge is 0.264 e. The van der Waals surface area contributed by atoms with Gasteiger partial charge in [-0.05, 0) is 80.3 Å². The van der Waals surface area contributed by atoms with Crippen molar-refractivity contribution in [3.05, 3.63) is 89.5 Å². The van der Waals surface area contributed by atoms with Gasteiger partial charge in [0.05, 0.1) is 17.7 Å². The second-order valence-electron chi connectivity index (χ2n) is 9.28. The van der Waals surface area contributed by atoms with Gasteiger partial charge >= 0.3 is 0 Å². The second-order valence-corrected chi connectivity index (χ2v) is 11.1. The summed E-state index contributed by atoms with van der Waals surface area (Å²) < 4.78 is 34.1. The van der Waals surface area contributed by atoms with Crippen molar-refractivity contribution in [1.82, 2.24) is 10.2 Å². The molecule has 0 saturated heterocycles. The van der Waals surface area contributed by atoms with Gasteiger partial charge in [-0.15, -0.1) is 0 Å². The fourth-order valence-corrected chi connectivity index (χ4v) is 5.70. The molecule has 0 aliphatic heterocycles. The Kier molecular flexibility index (Phi) is 10.1. The van der Waals surface area contributed by atoms with Crippen LogP contribution in [-0.4, -0.2) is 51.4 Å². The second kappa shape index (κ2) is 13.3. The summed E-state index contributed by atoms with van der Waals surface area (Å²) in [4.78, 5) is 28.6. The summed E-state index contributed by atoms with van der Waals surface area (Å²) in [5.41, 5.74) is 3.07. The Hall–Kier alpha value is -3.85. The van der Waals surface area contributed by atoms with E-state index in [1.54, 1.807) is 49.6 Å². The molecular weight excluding hydrogens is 514 g/mol. The predicted molar refractivity (Wildman–Crippen MR) is 153 cm³/mol. The number of aryl methyl sites for hydroxylation is 2. The average molecular weight is 552 g/mol. The molecule has 1 atom stereocenters. The molecule has 0 radical (unpaired) electrons. The van der Waals surface area contributed by atoms with Crippen LogP contribution in [0.2, 0.25) is 0 Å². The Balaban J connectivity index is 2.06. The fourth-order valence-electron chi connectivity index (χ4n) is 4.27. The Morgan fingerprint density at radius 1 is 0.923 bits per heavy atom. The lowest BCUT2D eigenvalue weighted by Gasteiger charge is -2.33. The molecule has 2 amide bonds. The monoisotopic (exact) mass is 551 g/mol. The molecule has 0 aromatic heterocycles. The highest BCUT2D eigenvalue weighted by Gasteiger charge is 2.33. The highest BCUT2D eigenvalue weighted by atomic mass is 32.2. The quantitative estimate of drug-likeness (QED) is 0.359. The van der Waals surface area contributed by atoms with Gasteiger partial charge in [-0.25, -0.2) is 8.42 Å². The molecule has 0 spiro atoms. The first kappa shape index (κ1) is 29.7. The van der Waals surface area contributed by atoms with E-state index in [-0.39, 0.29) is 17.3 Å². The molecule has 3 aromatic rings. The van der Waals surface area contributed by atoms with Gasteiger partial charge in [0.15, 0.2) is 0 Å². The summed E-state index contributed by atoms with van der Waals surface area (Å²) in [6.45, 7) is 7.55. The van der Waals surface area contributed by atoms with Gasteiger partial charge in [0.1, 0.15) is 18.3 Å². The van der Waals surface area contributed by atoms with Crippen LogP contribution in [0.5, 0.6) is 5.75 Å². The maximum atomic E-state index is 14.0. The van der Waals surface area contributed by atoms with Crippen molar-refractivity contribution in [2.24, 2.45) is 0 Å². The number of sulfonamides is 1. The van der Waals surface area contributed by atoms with E-state index in [0.29, 0.717) is 24.4 Å². The summed E-state index contributed by atoms with van der Waals surface area (Å²) >= 11 is 0. The number of carbonyl (C=O) groups is 2. The first-order valence-corrected chi connectivity index (χ1v) is 14.4. The fraction of sp³-hybridized carbons (Fsp3) is 0.333. The summed E-state index contributed by atoms with van der Waals surface area (Å²) in [6.07, 6.45) is 0.364. The number of amides is 2. The van der Waals surface area contributed by atoms with Gasteiger partial charge < -0.3 is 15.0 Å². The molecular formula is C30H37N3O5S. The molecule has 0 aliphatic carbocycles. The molecule has 208 valence electrons. The third-order valence-electron chi connectivity index (χ3n) is 6.64. The van der Waals surface area contributed by atoms with Crippen molar-refractivity contribution in [1.29, 1.82) is 0 Å². The minimum Gasteiger partial charge on any atom is -0.497 e. The van der Waals surface area contributed by atoms with Crippen LogP contribution in [0.1, 0.15) is 37.0 Å². The van der Waals surface area contributed by atoms with Crippen molar-refractivity contribution in [2.45, 2.75) is 51.6 Å². The minimum absolute atomic E-state index is 0.0773. The summed E-state index contributed by atoms with van der Waals surface area (Å²) in [5, 5.41) is 2.81. The third-order valence-corrected chi connectivity index (χ3v) is 8.43. The molecule has 0 saturated carbocycles. The lowest BCUT2D eigenvalue weighted by atomic mass is 10.1. The van der Waals surface area contributed by atoms with Gasteiger partial charge in [-0.2, -0.15) is 0 Å².